The highest BCUT2D eigenvalue weighted by atomic mass is 79.9. The van der Waals surface area contributed by atoms with E-state index in [2.05, 4.69) is 32.5 Å². The van der Waals surface area contributed by atoms with Crippen LogP contribution in [0.1, 0.15) is 16.7 Å². The molecule has 23 heavy (non-hydrogen) atoms. The number of hydrogen-bond acceptors (Lipinski definition) is 3. The lowest BCUT2D eigenvalue weighted by Crippen LogP contribution is -2.24. The topological polar surface area (TPSA) is 50.7 Å². The third-order valence-corrected chi connectivity index (χ3v) is 3.86. The average molecular weight is 396 g/mol. The fraction of sp³-hybridized carbons (Fsp3) is 0.176. The highest BCUT2D eigenvalue weighted by molar-refractivity contribution is 9.10. The number of aryl methyl sites for hydroxylation is 2. The average Bonchev–Trinajstić information content (AvgIpc) is 2.48. The van der Waals surface area contributed by atoms with Crippen molar-refractivity contribution < 1.29 is 9.53 Å². The van der Waals surface area contributed by atoms with Gasteiger partial charge in [-0.15, -0.1) is 0 Å². The monoisotopic (exact) mass is 394 g/mol. The van der Waals surface area contributed by atoms with Crippen LogP contribution in [0.2, 0.25) is 5.02 Å². The summed E-state index contributed by atoms with van der Waals surface area (Å²) in [5.74, 6) is 0.0911. The van der Waals surface area contributed by atoms with E-state index in [-0.39, 0.29) is 12.5 Å². The molecule has 2 rings (SSSR count). The lowest BCUT2D eigenvalue weighted by atomic mass is 10.1. The molecule has 4 nitrogen and oxygen atoms in total. The van der Waals surface area contributed by atoms with Gasteiger partial charge in [0.2, 0.25) is 0 Å². The predicted molar refractivity (Wildman–Crippen MR) is 96.3 cm³/mol. The van der Waals surface area contributed by atoms with Gasteiger partial charge in [-0.2, -0.15) is 5.10 Å². The number of hydrogen-bond donors (Lipinski definition) is 1. The van der Waals surface area contributed by atoms with Crippen LogP contribution in [0.3, 0.4) is 0 Å². The molecule has 0 aromatic heterocycles. The Balaban J connectivity index is 1.86. The van der Waals surface area contributed by atoms with Crippen molar-refractivity contribution in [2.45, 2.75) is 13.8 Å². The number of hydrazone groups is 1. The molecule has 0 saturated carbocycles. The van der Waals surface area contributed by atoms with Gasteiger partial charge in [0.05, 0.1) is 11.2 Å². The van der Waals surface area contributed by atoms with E-state index in [9.17, 15) is 4.79 Å². The molecule has 2 aromatic carbocycles. The number of ether oxygens (including phenoxy) is 1. The number of carbonyl (C=O) groups is 1. The third-order valence-electron chi connectivity index (χ3n) is 3.07. The fourth-order valence-corrected chi connectivity index (χ4v) is 2.64. The van der Waals surface area contributed by atoms with E-state index in [1.807, 2.05) is 26.0 Å². The standard InChI is InChI=1S/C17H16BrClN2O2/c1-11-3-4-13(12(2)7-11)9-20-21-17(22)10-23-16-6-5-14(18)8-15(16)19/h3-9H,10H2,1-2H3,(H,21,22). The van der Waals surface area contributed by atoms with E-state index in [0.29, 0.717) is 10.8 Å². The zero-order chi connectivity index (χ0) is 16.8. The van der Waals surface area contributed by atoms with Crippen molar-refractivity contribution in [1.82, 2.24) is 5.43 Å². The van der Waals surface area contributed by atoms with E-state index in [4.69, 9.17) is 16.3 Å². The largest absolute Gasteiger partial charge is 0.482 e. The highest BCUT2D eigenvalue weighted by Crippen LogP contribution is 2.27. The first-order valence-corrected chi connectivity index (χ1v) is 8.10. The Bertz CT molecular complexity index is 747. The van der Waals surface area contributed by atoms with Crippen LogP contribution in [0.25, 0.3) is 0 Å². The van der Waals surface area contributed by atoms with E-state index >= 15 is 0 Å². The van der Waals surface area contributed by atoms with Gasteiger partial charge >= 0.3 is 0 Å². The van der Waals surface area contributed by atoms with Crippen molar-refractivity contribution >= 4 is 39.7 Å². The zero-order valence-electron chi connectivity index (χ0n) is 12.8. The van der Waals surface area contributed by atoms with Crippen molar-refractivity contribution in [2.75, 3.05) is 6.61 Å². The van der Waals surface area contributed by atoms with Gasteiger partial charge in [-0.05, 0) is 43.2 Å². The minimum absolute atomic E-state index is 0.161. The highest BCUT2D eigenvalue weighted by Gasteiger charge is 2.05. The summed E-state index contributed by atoms with van der Waals surface area (Å²) < 4.78 is 6.20. The number of carbonyl (C=O) groups excluding carboxylic acids is 1. The smallest absolute Gasteiger partial charge is 0.277 e. The molecule has 120 valence electrons. The molecule has 6 heteroatoms. The second-order valence-corrected chi connectivity index (χ2v) is 6.34. The molecule has 0 saturated heterocycles. The molecule has 0 aliphatic heterocycles. The maximum absolute atomic E-state index is 11.7. The lowest BCUT2D eigenvalue weighted by Gasteiger charge is -2.07. The first kappa shape index (κ1) is 17.5. The quantitative estimate of drug-likeness (QED) is 0.608. The molecular formula is C17H16BrClN2O2. The SMILES string of the molecule is Cc1ccc(C=NNC(=O)COc2ccc(Br)cc2Cl)c(C)c1. The van der Waals surface area contributed by atoms with Gasteiger partial charge in [0.25, 0.3) is 5.91 Å². The van der Waals surface area contributed by atoms with E-state index in [1.165, 1.54) is 5.56 Å². The Morgan fingerprint density at radius 3 is 2.78 bits per heavy atom. The van der Waals surface area contributed by atoms with Gasteiger partial charge in [-0.1, -0.05) is 51.3 Å². The fourth-order valence-electron chi connectivity index (χ4n) is 1.91. The molecule has 0 fully saturated rings. The number of nitrogens with zero attached hydrogens (tertiary/aromatic N) is 1. The van der Waals surface area contributed by atoms with Crippen LogP contribution < -0.4 is 10.2 Å². The Morgan fingerprint density at radius 1 is 1.30 bits per heavy atom. The van der Waals surface area contributed by atoms with Gasteiger partial charge in [0.15, 0.2) is 6.61 Å². The number of rotatable bonds is 5. The summed E-state index contributed by atoms with van der Waals surface area (Å²) in [7, 11) is 0. The van der Waals surface area contributed by atoms with Crippen molar-refractivity contribution in [3.63, 3.8) is 0 Å². The predicted octanol–water partition coefficient (Wildman–Crippen LogP) is 4.25. The summed E-state index contributed by atoms with van der Waals surface area (Å²) in [4.78, 5) is 11.7. The zero-order valence-corrected chi connectivity index (χ0v) is 15.1. The second-order valence-electron chi connectivity index (χ2n) is 5.02. The molecule has 0 spiro atoms. The Morgan fingerprint density at radius 2 is 2.09 bits per heavy atom. The summed E-state index contributed by atoms with van der Waals surface area (Å²) in [5.41, 5.74) is 5.66. The van der Waals surface area contributed by atoms with Crippen molar-refractivity contribution in [3.8, 4) is 5.75 Å². The number of halogens is 2. The Hall–Kier alpha value is -1.85. The maximum Gasteiger partial charge on any atom is 0.277 e. The molecule has 0 aliphatic carbocycles. The maximum atomic E-state index is 11.7. The molecule has 0 bridgehead atoms. The lowest BCUT2D eigenvalue weighted by molar-refractivity contribution is -0.123. The van der Waals surface area contributed by atoms with Crippen LogP contribution in [-0.2, 0) is 4.79 Å². The van der Waals surface area contributed by atoms with E-state index < -0.39 is 0 Å². The molecule has 2 aromatic rings. The minimum atomic E-state index is -0.356. The summed E-state index contributed by atoms with van der Waals surface area (Å²) in [6.07, 6.45) is 1.61. The van der Waals surface area contributed by atoms with Crippen molar-refractivity contribution in [2.24, 2.45) is 5.10 Å². The van der Waals surface area contributed by atoms with Gasteiger partial charge in [-0.3, -0.25) is 4.79 Å². The second kappa shape index (κ2) is 8.13. The molecule has 0 aliphatic rings. The van der Waals surface area contributed by atoms with Crippen LogP contribution in [-0.4, -0.2) is 18.7 Å². The van der Waals surface area contributed by atoms with Crippen molar-refractivity contribution in [3.05, 3.63) is 62.6 Å². The molecule has 0 radical (unpaired) electrons. The van der Waals surface area contributed by atoms with Crippen LogP contribution in [0.5, 0.6) is 5.75 Å². The van der Waals surface area contributed by atoms with Crippen LogP contribution >= 0.6 is 27.5 Å². The number of benzene rings is 2. The Labute approximate surface area is 148 Å². The van der Waals surface area contributed by atoms with Crippen molar-refractivity contribution in [1.29, 1.82) is 0 Å². The van der Waals surface area contributed by atoms with Gasteiger partial charge < -0.3 is 4.74 Å². The summed E-state index contributed by atoms with van der Waals surface area (Å²) >= 11 is 9.32. The van der Waals surface area contributed by atoms with Gasteiger partial charge in [0, 0.05) is 4.47 Å². The molecule has 1 amide bonds. The van der Waals surface area contributed by atoms with Crippen LogP contribution in [0.15, 0.2) is 46.0 Å². The van der Waals surface area contributed by atoms with Crippen LogP contribution in [0.4, 0.5) is 0 Å². The first-order chi connectivity index (χ1) is 11.0. The Kier molecular flexibility index (Phi) is 6.19. The minimum Gasteiger partial charge on any atom is -0.482 e. The molecule has 0 atom stereocenters. The van der Waals surface area contributed by atoms with Gasteiger partial charge in [0.1, 0.15) is 5.75 Å². The third kappa shape index (κ3) is 5.37. The normalized spacial score (nSPS) is 10.8. The summed E-state index contributed by atoms with van der Waals surface area (Å²) in [6, 6.07) is 11.2. The molecule has 0 heterocycles. The molecule has 0 unspecified atom stereocenters. The van der Waals surface area contributed by atoms with Crippen LogP contribution in [0, 0.1) is 13.8 Å². The molecular weight excluding hydrogens is 380 g/mol. The molecule has 1 N–H and O–H groups in total. The van der Waals surface area contributed by atoms with E-state index in [1.54, 1.807) is 24.4 Å². The number of nitrogens with one attached hydrogen (secondary N) is 1. The summed E-state index contributed by atoms with van der Waals surface area (Å²) in [6.45, 7) is 3.86. The summed E-state index contributed by atoms with van der Waals surface area (Å²) in [5, 5.41) is 4.37. The van der Waals surface area contributed by atoms with E-state index in [0.717, 1.165) is 15.6 Å². The first-order valence-electron chi connectivity index (χ1n) is 6.92. The number of amides is 1. The van der Waals surface area contributed by atoms with Gasteiger partial charge in [-0.25, -0.2) is 5.43 Å².